The Balaban J connectivity index is 1.42. The highest BCUT2D eigenvalue weighted by atomic mass is 32.2. The van der Waals surface area contributed by atoms with E-state index in [2.05, 4.69) is 22.1 Å². The molecule has 134 valence electrons. The van der Waals surface area contributed by atoms with Gasteiger partial charge in [-0.1, -0.05) is 18.2 Å². The fourth-order valence-corrected chi connectivity index (χ4v) is 4.29. The molecule has 4 nitrogen and oxygen atoms in total. The third-order valence-electron chi connectivity index (χ3n) is 4.68. The Morgan fingerprint density at radius 3 is 2.96 bits per heavy atom. The molecule has 0 bridgehead atoms. The Hall–Kier alpha value is -2.34. The van der Waals surface area contributed by atoms with E-state index in [0.717, 1.165) is 36.5 Å². The fourth-order valence-electron chi connectivity index (χ4n) is 3.43. The van der Waals surface area contributed by atoms with Crippen LogP contribution in [0.5, 0.6) is 0 Å². The van der Waals surface area contributed by atoms with Gasteiger partial charge in [0, 0.05) is 23.6 Å². The second-order valence-electron chi connectivity index (χ2n) is 6.44. The Bertz CT molecular complexity index is 912. The minimum atomic E-state index is -0.287. The Labute approximate surface area is 155 Å². The van der Waals surface area contributed by atoms with E-state index in [1.54, 1.807) is 17.8 Å². The Morgan fingerprint density at radius 2 is 2.12 bits per heavy atom. The van der Waals surface area contributed by atoms with Gasteiger partial charge in [-0.2, -0.15) is 0 Å². The molecule has 2 aromatic carbocycles. The van der Waals surface area contributed by atoms with Crippen molar-refractivity contribution in [1.82, 2.24) is 14.9 Å². The number of hydrogen-bond acceptors (Lipinski definition) is 3. The van der Waals surface area contributed by atoms with Crippen molar-refractivity contribution in [2.75, 3.05) is 12.3 Å². The lowest BCUT2D eigenvalue weighted by Crippen LogP contribution is -2.31. The molecular formula is C20H20FN3OS. The normalized spacial score (nSPS) is 17.1. The van der Waals surface area contributed by atoms with E-state index >= 15 is 0 Å². The van der Waals surface area contributed by atoms with Gasteiger partial charge in [0.1, 0.15) is 11.6 Å². The number of aromatic amines is 1. The summed E-state index contributed by atoms with van der Waals surface area (Å²) in [6, 6.07) is 14.6. The minimum absolute atomic E-state index is 0.0420. The number of rotatable bonds is 5. The van der Waals surface area contributed by atoms with E-state index in [0.29, 0.717) is 11.9 Å². The number of imidazole rings is 1. The van der Waals surface area contributed by atoms with Crippen molar-refractivity contribution in [1.29, 1.82) is 0 Å². The van der Waals surface area contributed by atoms with Gasteiger partial charge in [0.15, 0.2) is 0 Å². The first kappa shape index (κ1) is 17.1. The van der Waals surface area contributed by atoms with E-state index in [1.165, 1.54) is 17.0 Å². The summed E-state index contributed by atoms with van der Waals surface area (Å²) in [4.78, 5) is 23.6. The Morgan fingerprint density at radius 1 is 1.27 bits per heavy atom. The molecule has 0 radical (unpaired) electrons. The average molecular weight is 369 g/mol. The third kappa shape index (κ3) is 3.60. The molecule has 1 aromatic heterocycles. The highest BCUT2D eigenvalue weighted by Crippen LogP contribution is 2.32. The predicted octanol–water partition coefficient (Wildman–Crippen LogP) is 4.55. The molecular weight excluding hydrogens is 349 g/mol. The monoisotopic (exact) mass is 369 g/mol. The lowest BCUT2D eigenvalue weighted by Gasteiger charge is -2.23. The summed E-state index contributed by atoms with van der Waals surface area (Å²) >= 11 is 1.70. The van der Waals surface area contributed by atoms with Crippen LogP contribution in [0.3, 0.4) is 0 Å². The largest absolute Gasteiger partial charge is 0.340 e. The van der Waals surface area contributed by atoms with Gasteiger partial charge in [-0.05, 0) is 43.2 Å². The quantitative estimate of drug-likeness (QED) is 0.671. The van der Waals surface area contributed by atoms with Crippen molar-refractivity contribution in [3.63, 3.8) is 0 Å². The number of thioether (sulfide) groups is 1. The topological polar surface area (TPSA) is 49.0 Å². The van der Waals surface area contributed by atoms with Gasteiger partial charge < -0.3 is 9.88 Å². The van der Waals surface area contributed by atoms with Crippen LogP contribution in [-0.4, -0.2) is 33.1 Å². The second kappa shape index (κ2) is 7.50. The van der Waals surface area contributed by atoms with Gasteiger partial charge in [0.25, 0.3) is 0 Å². The average Bonchev–Trinajstić information content (AvgIpc) is 3.28. The lowest BCUT2D eigenvalue weighted by atomic mass is 10.2. The molecule has 1 atom stereocenters. The molecule has 4 rings (SSSR count). The number of carbonyl (C=O) groups excluding carboxylic acids is 1. The lowest BCUT2D eigenvalue weighted by molar-refractivity contribution is -0.131. The van der Waals surface area contributed by atoms with Crippen LogP contribution in [0.4, 0.5) is 4.39 Å². The van der Waals surface area contributed by atoms with E-state index in [4.69, 9.17) is 0 Å². The van der Waals surface area contributed by atoms with E-state index in [9.17, 15) is 9.18 Å². The number of nitrogens with zero attached hydrogens (tertiary/aromatic N) is 2. The minimum Gasteiger partial charge on any atom is -0.340 e. The molecule has 1 saturated heterocycles. The van der Waals surface area contributed by atoms with Gasteiger partial charge in [0.2, 0.25) is 5.91 Å². The maximum Gasteiger partial charge on any atom is 0.224 e. The molecule has 6 heteroatoms. The number of halogens is 1. The van der Waals surface area contributed by atoms with Crippen molar-refractivity contribution in [3.8, 4) is 0 Å². The number of likely N-dealkylation sites (tertiary alicyclic amines) is 1. The fraction of sp³-hybridized carbons (Fsp3) is 0.300. The molecule has 0 aliphatic carbocycles. The molecule has 1 amide bonds. The van der Waals surface area contributed by atoms with E-state index in [-0.39, 0.29) is 17.8 Å². The molecule has 1 aliphatic rings. The van der Waals surface area contributed by atoms with Crippen LogP contribution in [0, 0.1) is 5.82 Å². The number of hydrogen-bond donors (Lipinski definition) is 1. The van der Waals surface area contributed by atoms with Crippen LogP contribution in [0.25, 0.3) is 11.0 Å². The predicted molar refractivity (Wildman–Crippen MR) is 102 cm³/mol. The number of benzene rings is 2. The van der Waals surface area contributed by atoms with Crippen molar-refractivity contribution in [3.05, 3.63) is 60.2 Å². The molecule has 2 heterocycles. The first-order chi connectivity index (χ1) is 12.7. The summed E-state index contributed by atoms with van der Waals surface area (Å²) in [5.74, 6) is 1.39. The maximum absolute atomic E-state index is 13.4. The first-order valence-corrected chi connectivity index (χ1v) is 9.82. The highest BCUT2D eigenvalue weighted by molar-refractivity contribution is 7.99. The van der Waals surface area contributed by atoms with Gasteiger partial charge in [-0.15, -0.1) is 11.8 Å². The standard InChI is InChI=1S/C20H20FN3OS/c21-14-8-9-16-17(13-14)23-20(22-16)18-7-4-11-24(18)19(25)10-12-26-15-5-2-1-3-6-15/h1-3,5-6,8-9,13,18H,4,7,10-12H2,(H,22,23). The molecule has 0 spiro atoms. The Kier molecular flexibility index (Phi) is 4.93. The van der Waals surface area contributed by atoms with E-state index < -0.39 is 0 Å². The first-order valence-electron chi connectivity index (χ1n) is 8.83. The molecule has 1 N–H and O–H groups in total. The molecule has 1 fully saturated rings. The van der Waals surface area contributed by atoms with Crippen LogP contribution in [0.1, 0.15) is 31.1 Å². The smallest absolute Gasteiger partial charge is 0.224 e. The van der Waals surface area contributed by atoms with Gasteiger partial charge in [-0.25, -0.2) is 9.37 Å². The zero-order chi connectivity index (χ0) is 17.9. The number of amides is 1. The number of nitrogens with one attached hydrogen (secondary N) is 1. The number of H-pyrrole nitrogens is 1. The van der Waals surface area contributed by atoms with Gasteiger partial charge >= 0.3 is 0 Å². The summed E-state index contributed by atoms with van der Waals surface area (Å²) in [6.45, 7) is 0.755. The van der Waals surface area contributed by atoms with Crippen molar-refractivity contribution in [2.24, 2.45) is 0 Å². The summed E-state index contributed by atoms with van der Waals surface area (Å²) in [5, 5.41) is 0. The molecule has 26 heavy (non-hydrogen) atoms. The van der Waals surface area contributed by atoms with Crippen molar-refractivity contribution >= 4 is 28.7 Å². The van der Waals surface area contributed by atoms with Crippen molar-refractivity contribution < 1.29 is 9.18 Å². The third-order valence-corrected chi connectivity index (χ3v) is 5.69. The van der Waals surface area contributed by atoms with Gasteiger partial charge in [0.05, 0.1) is 17.1 Å². The van der Waals surface area contributed by atoms with Crippen LogP contribution < -0.4 is 0 Å². The number of aromatic nitrogens is 2. The molecule has 0 saturated carbocycles. The summed E-state index contributed by atoms with van der Waals surface area (Å²) in [5.41, 5.74) is 1.42. The summed E-state index contributed by atoms with van der Waals surface area (Å²) in [7, 11) is 0. The highest BCUT2D eigenvalue weighted by Gasteiger charge is 2.31. The van der Waals surface area contributed by atoms with Crippen LogP contribution in [0.2, 0.25) is 0 Å². The van der Waals surface area contributed by atoms with Crippen molar-refractivity contribution in [2.45, 2.75) is 30.2 Å². The zero-order valence-corrected chi connectivity index (χ0v) is 15.1. The molecule has 1 aliphatic heterocycles. The van der Waals surface area contributed by atoms with Gasteiger partial charge in [-0.3, -0.25) is 4.79 Å². The SMILES string of the molecule is O=C(CCSc1ccccc1)N1CCCC1c1nc2ccc(F)cc2[nH]1. The number of carbonyl (C=O) groups is 1. The van der Waals surface area contributed by atoms with Crippen LogP contribution in [0.15, 0.2) is 53.4 Å². The molecule has 3 aromatic rings. The second-order valence-corrected chi connectivity index (χ2v) is 7.61. The number of fused-ring (bicyclic) bond motifs is 1. The summed E-state index contributed by atoms with van der Waals surface area (Å²) < 4.78 is 13.4. The van der Waals surface area contributed by atoms with Crippen LogP contribution in [-0.2, 0) is 4.79 Å². The van der Waals surface area contributed by atoms with Crippen LogP contribution >= 0.6 is 11.8 Å². The maximum atomic E-state index is 13.4. The molecule has 1 unspecified atom stereocenters. The zero-order valence-electron chi connectivity index (χ0n) is 14.3. The summed E-state index contributed by atoms with van der Waals surface area (Å²) in [6.07, 6.45) is 2.36. The van der Waals surface area contributed by atoms with E-state index in [1.807, 2.05) is 23.1 Å².